The van der Waals surface area contributed by atoms with Gasteiger partial charge in [0, 0.05) is 6.07 Å². The van der Waals surface area contributed by atoms with Crippen molar-refractivity contribution in [3.05, 3.63) is 163 Å². The smallest absolute Gasteiger partial charge is 0.126 e. The Balaban J connectivity index is 1.40. The van der Waals surface area contributed by atoms with Crippen molar-refractivity contribution in [2.45, 2.75) is 0 Å². The van der Waals surface area contributed by atoms with Gasteiger partial charge in [0.05, 0.1) is 0 Å². The van der Waals surface area contributed by atoms with E-state index < -0.39 is 18.5 Å². The summed E-state index contributed by atoms with van der Waals surface area (Å²) in [7, 11) is 0. The minimum atomic E-state index is -2.80. The van der Waals surface area contributed by atoms with Gasteiger partial charge >= 0.3 is 0 Å². The number of hydrogen-bond donors (Lipinski definition) is 0. The fraction of sp³-hybridized carbons (Fsp3) is 0. The number of fused-ring (bicyclic) bond motifs is 12. The Kier molecular flexibility index (Phi) is 5.94. The van der Waals surface area contributed by atoms with Gasteiger partial charge in [0.1, 0.15) is 11.6 Å². The van der Waals surface area contributed by atoms with Crippen LogP contribution in [0.4, 0.5) is 8.78 Å². The predicted molar refractivity (Wildman–Crippen MR) is 197 cm³/mol. The SMILES string of the molecule is C=P(c1cc(F)cc(F)c1)(c1ccc2c3ccccc3c3ccccc3c2c1)c1ccc2c3ccccc3c3ccccc3c2c1. The highest BCUT2D eigenvalue weighted by molar-refractivity contribution is 7.93. The van der Waals surface area contributed by atoms with Crippen LogP contribution < -0.4 is 15.9 Å². The van der Waals surface area contributed by atoms with E-state index in [2.05, 4.69) is 133 Å². The van der Waals surface area contributed by atoms with Crippen LogP contribution in [0.15, 0.2) is 152 Å². The molecule has 0 fully saturated rings. The third kappa shape index (κ3) is 3.90. The minimum Gasteiger partial charge on any atom is -0.207 e. The second kappa shape index (κ2) is 10.1. The molecule has 0 aliphatic rings. The van der Waals surface area contributed by atoms with Gasteiger partial charge in [0.2, 0.25) is 0 Å². The summed E-state index contributed by atoms with van der Waals surface area (Å²) >= 11 is 0. The van der Waals surface area contributed by atoms with Gasteiger partial charge in [0.25, 0.3) is 0 Å². The third-order valence-electron chi connectivity index (χ3n) is 9.63. The van der Waals surface area contributed by atoms with Crippen molar-refractivity contribution in [1.82, 2.24) is 0 Å². The van der Waals surface area contributed by atoms with Crippen LogP contribution in [0.2, 0.25) is 0 Å². The maximum atomic E-state index is 15.0. The molecular weight excluding hydrogens is 585 g/mol. The van der Waals surface area contributed by atoms with Crippen LogP contribution in [0.25, 0.3) is 64.6 Å². The number of benzene rings is 9. The van der Waals surface area contributed by atoms with Gasteiger partial charge < -0.3 is 0 Å². The van der Waals surface area contributed by atoms with Gasteiger partial charge in [-0.25, -0.2) is 8.78 Å². The molecule has 0 N–H and O–H groups in total. The molecule has 9 rings (SSSR count). The van der Waals surface area contributed by atoms with Gasteiger partial charge in [0.15, 0.2) is 0 Å². The monoisotopic (exact) mass is 612 g/mol. The zero-order chi connectivity index (χ0) is 31.0. The molecule has 9 aromatic carbocycles. The molecule has 0 nitrogen and oxygen atoms in total. The maximum absolute atomic E-state index is 15.0. The van der Waals surface area contributed by atoms with Gasteiger partial charge in [-0.3, -0.25) is 0 Å². The summed E-state index contributed by atoms with van der Waals surface area (Å²) in [6.07, 6.45) is 4.94. The van der Waals surface area contributed by atoms with E-state index >= 15 is 8.78 Å². The highest BCUT2D eigenvalue weighted by atomic mass is 31.2. The zero-order valence-electron chi connectivity index (χ0n) is 24.8. The lowest BCUT2D eigenvalue weighted by Crippen LogP contribution is -2.26. The van der Waals surface area contributed by atoms with Crippen LogP contribution in [0, 0.1) is 11.6 Å². The Morgan fingerprint density at radius 3 is 0.913 bits per heavy atom. The molecule has 0 atom stereocenters. The van der Waals surface area contributed by atoms with E-state index in [0.717, 1.165) is 49.0 Å². The van der Waals surface area contributed by atoms with Crippen molar-refractivity contribution >= 4 is 93.7 Å². The van der Waals surface area contributed by atoms with Gasteiger partial charge in [-0.15, -0.1) is 0 Å². The molecule has 3 heteroatoms. The second-order valence-electron chi connectivity index (χ2n) is 12.1. The van der Waals surface area contributed by atoms with Gasteiger partial charge in [-0.1, -0.05) is 128 Å². The molecule has 0 unspecified atom stereocenters. The van der Waals surface area contributed by atoms with E-state index in [4.69, 9.17) is 6.30 Å². The summed E-state index contributed by atoms with van der Waals surface area (Å²) in [4.78, 5) is 0. The van der Waals surface area contributed by atoms with Crippen LogP contribution in [-0.4, -0.2) is 6.30 Å². The van der Waals surface area contributed by atoms with Crippen molar-refractivity contribution in [2.75, 3.05) is 0 Å². The molecule has 0 amide bonds. The summed E-state index contributed by atoms with van der Waals surface area (Å²) in [6, 6.07) is 50.8. The van der Waals surface area contributed by atoms with Crippen LogP contribution in [-0.2, 0) is 0 Å². The van der Waals surface area contributed by atoms with Crippen LogP contribution in [0.3, 0.4) is 0 Å². The third-order valence-corrected chi connectivity index (χ3v) is 13.1. The Labute approximate surface area is 265 Å². The molecule has 0 saturated carbocycles. The average Bonchev–Trinajstić information content (AvgIpc) is 3.10. The number of halogens is 2. The minimum absolute atomic E-state index is 0.568. The number of rotatable bonds is 3. The van der Waals surface area contributed by atoms with Gasteiger partial charge in [-0.2, -0.15) is 0 Å². The fourth-order valence-corrected chi connectivity index (χ4v) is 10.4. The van der Waals surface area contributed by atoms with Crippen LogP contribution >= 0.6 is 6.89 Å². The second-order valence-corrected chi connectivity index (χ2v) is 15.2. The van der Waals surface area contributed by atoms with E-state index in [1.54, 1.807) is 0 Å². The average molecular weight is 613 g/mol. The Morgan fingerprint density at radius 2 is 0.587 bits per heavy atom. The fourth-order valence-electron chi connectivity index (χ4n) is 7.47. The van der Waals surface area contributed by atoms with E-state index in [0.29, 0.717) is 5.30 Å². The molecule has 0 radical (unpaired) electrons. The summed E-state index contributed by atoms with van der Waals surface area (Å²) in [5, 5.41) is 16.4. The normalized spacial score (nSPS) is 12.2. The van der Waals surface area contributed by atoms with Crippen molar-refractivity contribution in [2.24, 2.45) is 0 Å². The molecule has 0 spiro atoms. The van der Waals surface area contributed by atoms with E-state index in [1.807, 2.05) is 0 Å². The standard InChI is InChI=1S/C43H27F2P/c1-46(31-23-27(44)22-28(45)24-31,29-18-20-40-36-14-4-2-10-32(36)34-12-6-8-16-38(34)42(40)25-29)30-19-21-41-37-15-5-3-11-33(37)35-13-7-9-17-39(35)43(41)26-30/h2-26H,1H2. The topological polar surface area (TPSA) is 0 Å². The lowest BCUT2D eigenvalue weighted by atomic mass is 9.94. The zero-order valence-corrected chi connectivity index (χ0v) is 25.7. The molecular formula is C43H27F2P. The molecule has 0 bridgehead atoms. The van der Waals surface area contributed by atoms with Crippen molar-refractivity contribution in [3.8, 4) is 0 Å². The van der Waals surface area contributed by atoms with Crippen molar-refractivity contribution < 1.29 is 8.78 Å². The van der Waals surface area contributed by atoms with Crippen LogP contribution in [0.5, 0.6) is 0 Å². The largest absolute Gasteiger partial charge is 0.207 e. The summed E-state index contributed by atoms with van der Waals surface area (Å²) in [5.41, 5.74) is 0. The molecule has 9 aromatic rings. The first-order valence-corrected chi connectivity index (χ1v) is 17.4. The molecule has 0 aliphatic heterocycles. The lowest BCUT2D eigenvalue weighted by Gasteiger charge is -2.28. The maximum Gasteiger partial charge on any atom is 0.126 e. The summed E-state index contributed by atoms with van der Waals surface area (Å²) in [6.45, 7) is -2.80. The van der Waals surface area contributed by atoms with E-state index in [9.17, 15) is 0 Å². The molecule has 0 aromatic heterocycles. The van der Waals surface area contributed by atoms with E-state index in [1.165, 1.54) is 44.5 Å². The lowest BCUT2D eigenvalue weighted by molar-refractivity contribution is 0.585. The molecule has 0 heterocycles. The first kappa shape index (κ1) is 27.0. The Hall–Kier alpha value is -5.30. The van der Waals surface area contributed by atoms with E-state index in [-0.39, 0.29) is 0 Å². The highest BCUT2D eigenvalue weighted by Crippen LogP contribution is 2.46. The van der Waals surface area contributed by atoms with Gasteiger partial charge in [-0.05, 0) is 112 Å². The first-order chi connectivity index (χ1) is 22.5. The molecule has 0 aliphatic carbocycles. The summed E-state index contributed by atoms with van der Waals surface area (Å²) in [5.74, 6) is -1.20. The molecule has 0 saturated heterocycles. The first-order valence-electron chi connectivity index (χ1n) is 15.4. The molecule has 218 valence electrons. The van der Waals surface area contributed by atoms with Crippen molar-refractivity contribution in [1.29, 1.82) is 0 Å². The Bertz CT molecular complexity index is 2510. The number of hydrogen-bond acceptors (Lipinski definition) is 0. The molecule has 46 heavy (non-hydrogen) atoms. The quantitative estimate of drug-likeness (QED) is 0.138. The highest BCUT2D eigenvalue weighted by Gasteiger charge is 2.26. The van der Waals surface area contributed by atoms with Crippen molar-refractivity contribution in [3.63, 3.8) is 0 Å². The van der Waals surface area contributed by atoms with Crippen LogP contribution in [0.1, 0.15) is 0 Å². The predicted octanol–water partition coefficient (Wildman–Crippen LogP) is 10.6. The Morgan fingerprint density at radius 1 is 0.304 bits per heavy atom. The summed E-state index contributed by atoms with van der Waals surface area (Å²) < 4.78 is 30.0.